The first kappa shape index (κ1) is 17.9. The Morgan fingerprint density at radius 2 is 1.62 bits per heavy atom. The number of methoxy groups -OCH3 is 2. The number of amides is 1. The predicted molar refractivity (Wildman–Crippen MR) is 88.1 cm³/mol. The molecule has 0 aliphatic rings. The van der Waals surface area contributed by atoms with Crippen molar-refractivity contribution in [2.24, 2.45) is 0 Å². The monoisotopic (exact) mass is 333 g/mol. The zero-order valence-corrected chi connectivity index (χ0v) is 13.8. The van der Waals surface area contributed by atoms with Crippen LogP contribution in [-0.2, 0) is 20.0 Å². The Hall–Kier alpha value is -2.44. The van der Waals surface area contributed by atoms with Gasteiger partial charge in [0, 0.05) is 25.5 Å². The Bertz CT molecular complexity index is 656. The Labute approximate surface area is 140 Å². The number of carbonyl (C=O) groups excluding carboxylic acids is 1. The van der Waals surface area contributed by atoms with E-state index in [2.05, 4.69) is 5.32 Å². The zero-order chi connectivity index (χ0) is 17.6. The fourth-order valence-corrected chi connectivity index (χ4v) is 2.47. The van der Waals surface area contributed by atoms with E-state index in [1.54, 1.807) is 6.92 Å². The van der Waals surface area contributed by atoms with Gasteiger partial charge in [-0.15, -0.1) is 0 Å². The lowest BCUT2D eigenvalue weighted by Crippen LogP contribution is -2.44. The van der Waals surface area contributed by atoms with Crippen molar-refractivity contribution in [3.63, 3.8) is 0 Å². The van der Waals surface area contributed by atoms with E-state index in [9.17, 15) is 9.18 Å². The van der Waals surface area contributed by atoms with Crippen molar-refractivity contribution in [2.45, 2.75) is 18.8 Å². The summed E-state index contributed by atoms with van der Waals surface area (Å²) in [7, 11) is 2.96. The number of halogens is 1. The number of carbonyl (C=O) groups is 1. The van der Waals surface area contributed by atoms with Crippen LogP contribution in [0.2, 0.25) is 0 Å². The average Bonchev–Trinajstić information content (AvgIpc) is 2.59. The fraction of sp³-hybridized carbons (Fsp3) is 0.278. The maximum Gasteiger partial charge on any atom is 0.412 e. The van der Waals surface area contributed by atoms with E-state index in [0.717, 1.165) is 5.56 Å². The third-order valence-electron chi connectivity index (χ3n) is 3.69. The van der Waals surface area contributed by atoms with Crippen molar-refractivity contribution < 1.29 is 23.4 Å². The molecule has 0 bridgehead atoms. The second-order valence-corrected chi connectivity index (χ2v) is 5.12. The molecule has 128 valence electrons. The molecule has 0 saturated heterocycles. The summed E-state index contributed by atoms with van der Waals surface area (Å²) in [5, 5.41) is 2.53. The molecule has 24 heavy (non-hydrogen) atoms. The van der Waals surface area contributed by atoms with Gasteiger partial charge in [0.05, 0.1) is 0 Å². The summed E-state index contributed by atoms with van der Waals surface area (Å²) in [6.45, 7) is 1.67. The van der Waals surface area contributed by atoms with Crippen LogP contribution in [0.25, 0.3) is 0 Å². The predicted octanol–water partition coefficient (Wildman–Crippen LogP) is 3.91. The molecule has 2 rings (SSSR count). The smallest absolute Gasteiger partial charge is 0.412 e. The Morgan fingerprint density at radius 3 is 2.17 bits per heavy atom. The van der Waals surface area contributed by atoms with Crippen molar-refractivity contribution in [1.82, 2.24) is 0 Å². The molecule has 0 radical (unpaired) electrons. The summed E-state index contributed by atoms with van der Waals surface area (Å²) in [5.74, 6) is -1.62. The molecular formula is C18H20FNO4. The first-order valence-corrected chi connectivity index (χ1v) is 7.41. The first-order valence-electron chi connectivity index (χ1n) is 7.41. The second-order valence-electron chi connectivity index (χ2n) is 5.12. The Balaban J connectivity index is 2.11. The SMILES string of the molecule is COC(OC)(c1ccccc1)C(C)OC(=O)Nc1ccc(F)cc1. The van der Waals surface area contributed by atoms with Crippen molar-refractivity contribution in [3.8, 4) is 0 Å². The maximum absolute atomic E-state index is 12.9. The van der Waals surface area contributed by atoms with Crippen LogP contribution in [0.15, 0.2) is 54.6 Å². The molecule has 0 spiro atoms. The molecule has 0 saturated carbocycles. The van der Waals surface area contributed by atoms with Crippen LogP contribution in [0.1, 0.15) is 12.5 Å². The molecule has 0 aliphatic heterocycles. The number of benzene rings is 2. The summed E-state index contributed by atoms with van der Waals surface area (Å²) in [4.78, 5) is 12.1. The highest BCUT2D eigenvalue weighted by atomic mass is 19.1. The van der Waals surface area contributed by atoms with Crippen molar-refractivity contribution >= 4 is 11.8 Å². The lowest BCUT2D eigenvalue weighted by atomic mass is 10.0. The molecule has 1 N–H and O–H groups in total. The lowest BCUT2D eigenvalue weighted by molar-refractivity contribution is -0.263. The van der Waals surface area contributed by atoms with Crippen LogP contribution < -0.4 is 5.32 Å². The third-order valence-corrected chi connectivity index (χ3v) is 3.69. The minimum absolute atomic E-state index is 0.385. The van der Waals surface area contributed by atoms with Gasteiger partial charge in [-0.3, -0.25) is 5.32 Å². The van der Waals surface area contributed by atoms with E-state index < -0.39 is 18.0 Å². The van der Waals surface area contributed by atoms with Gasteiger partial charge in [0.15, 0.2) is 6.10 Å². The number of hydrogen-bond acceptors (Lipinski definition) is 4. The minimum atomic E-state index is -1.23. The van der Waals surface area contributed by atoms with Crippen LogP contribution in [-0.4, -0.2) is 26.4 Å². The van der Waals surface area contributed by atoms with Gasteiger partial charge in [0.2, 0.25) is 5.79 Å². The Kier molecular flexibility index (Phi) is 5.89. The zero-order valence-electron chi connectivity index (χ0n) is 13.8. The molecule has 0 heterocycles. The van der Waals surface area contributed by atoms with Gasteiger partial charge in [0.25, 0.3) is 0 Å². The van der Waals surface area contributed by atoms with Crippen LogP contribution in [0.5, 0.6) is 0 Å². The van der Waals surface area contributed by atoms with E-state index in [-0.39, 0.29) is 5.82 Å². The average molecular weight is 333 g/mol. The van der Waals surface area contributed by atoms with Crippen LogP contribution >= 0.6 is 0 Å². The van der Waals surface area contributed by atoms with Crippen molar-refractivity contribution in [3.05, 3.63) is 66.0 Å². The highest BCUT2D eigenvalue weighted by Crippen LogP contribution is 2.31. The van der Waals surface area contributed by atoms with Gasteiger partial charge in [-0.1, -0.05) is 30.3 Å². The summed E-state index contributed by atoms with van der Waals surface area (Å²) >= 11 is 0. The van der Waals surface area contributed by atoms with E-state index in [1.807, 2.05) is 30.3 Å². The highest BCUT2D eigenvalue weighted by molar-refractivity contribution is 5.84. The second kappa shape index (κ2) is 7.90. The molecule has 0 aromatic heterocycles. The molecule has 1 amide bonds. The van der Waals surface area contributed by atoms with Crippen molar-refractivity contribution in [1.29, 1.82) is 0 Å². The molecule has 2 aromatic carbocycles. The van der Waals surface area contributed by atoms with E-state index in [4.69, 9.17) is 14.2 Å². The molecule has 6 heteroatoms. The molecule has 1 unspecified atom stereocenters. The Morgan fingerprint density at radius 1 is 1.04 bits per heavy atom. The third kappa shape index (κ3) is 3.90. The van der Waals surface area contributed by atoms with E-state index in [0.29, 0.717) is 5.69 Å². The van der Waals surface area contributed by atoms with Crippen molar-refractivity contribution in [2.75, 3.05) is 19.5 Å². The number of hydrogen-bond donors (Lipinski definition) is 1. The summed E-state index contributed by atoms with van der Waals surface area (Å²) in [6.07, 6.45) is -1.43. The number of anilines is 1. The number of rotatable bonds is 6. The molecule has 2 aromatic rings. The molecular weight excluding hydrogens is 313 g/mol. The molecule has 1 atom stereocenters. The topological polar surface area (TPSA) is 56.8 Å². The van der Waals surface area contributed by atoms with Crippen LogP contribution in [0, 0.1) is 5.82 Å². The number of ether oxygens (including phenoxy) is 3. The normalized spacial score (nSPS) is 12.5. The van der Waals surface area contributed by atoms with Gasteiger partial charge < -0.3 is 14.2 Å². The summed E-state index contributed by atoms with van der Waals surface area (Å²) in [6, 6.07) is 14.6. The van der Waals surface area contributed by atoms with Crippen LogP contribution in [0.4, 0.5) is 14.9 Å². The van der Waals surface area contributed by atoms with E-state index >= 15 is 0 Å². The van der Waals surface area contributed by atoms with Gasteiger partial charge in [0.1, 0.15) is 5.82 Å². The summed E-state index contributed by atoms with van der Waals surface area (Å²) in [5.41, 5.74) is 1.14. The van der Waals surface area contributed by atoms with Gasteiger partial charge in [-0.25, -0.2) is 9.18 Å². The highest BCUT2D eigenvalue weighted by Gasteiger charge is 2.41. The maximum atomic E-state index is 12.9. The largest absolute Gasteiger partial charge is 0.440 e. The molecule has 0 fully saturated rings. The molecule has 5 nitrogen and oxygen atoms in total. The van der Waals surface area contributed by atoms with Gasteiger partial charge >= 0.3 is 6.09 Å². The van der Waals surface area contributed by atoms with Gasteiger partial charge in [-0.2, -0.15) is 0 Å². The van der Waals surface area contributed by atoms with E-state index in [1.165, 1.54) is 38.5 Å². The lowest BCUT2D eigenvalue weighted by Gasteiger charge is -2.35. The minimum Gasteiger partial charge on any atom is -0.440 e. The first-order chi connectivity index (χ1) is 11.5. The fourth-order valence-electron chi connectivity index (χ4n) is 2.47. The van der Waals surface area contributed by atoms with Gasteiger partial charge in [-0.05, 0) is 31.2 Å². The quantitative estimate of drug-likeness (QED) is 0.814. The standard InChI is InChI=1S/C18H20FNO4/c1-13(18(22-2,23-3)14-7-5-4-6-8-14)24-17(21)20-16-11-9-15(19)10-12-16/h4-13H,1-3H3,(H,20,21). The summed E-state index contributed by atoms with van der Waals surface area (Å²) < 4.78 is 29.3. The van der Waals surface area contributed by atoms with Crippen LogP contribution in [0.3, 0.4) is 0 Å². The molecule has 0 aliphatic carbocycles. The number of nitrogens with one attached hydrogen (secondary N) is 1.